The topological polar surface area (TPSA) is 78.9 Å². The molecule has 21 heavy (non-hydrogen) atoms. The lowest BCUT2D eigenvalue weighted by Crippen LogP contribution is -2.55. The SMILES string of the molecule is CCCNC(=O)CN1C(=O)C(C)(C)Oc2cc(O)ccc21. The van der Waals surface area contributed by atoms with Crippen molar-refractivity contribution in [1.82, 2.24) is 5.32 Å². The lowest BCUT2D eigenvalue weighted by atomic mass is 10.0. The van der Waals surface area contributed by atoms with E-state index < -0.39 is 5.60 Å². The van der Waals surface area contributed by atoms with Crippen LogP contribution >= 0.6 is 0 Å². The number of phenols is 1. The summed E-state index contributed by atoms with van der Waals surface area (Å²) in [5, 5.41) is 12.3. The molecular formula is C15H20N2O4. The van der Waals surface area contributed by atoms with Crippen LogP contribution < -0.4 is 15.0 Å². The zero-order valence-electron chi connectivity index (χ0n) is 12.5. The van der Waals surface area contributed by atoms with Crippen molar-refractivity contribution < 1.29 is 19.4 Å². The predicted molar refractivity (Wildman–Crippen MR) is 78.5 cm³/mol. The quantitative estimate of drug-likeness (QED) is 0.879. The van der Waals surface area contributed by atoms with Gasteiger partial charge < -0.3 is 15.2 Å². The summed E-state index contributed by atoms with van der Waals surface area (Å²) < 4.78 is 5.62. The Kier molecular flexibility index (Phi) is 4.06. The van der Waals surface area contributed by atoms with Crippen LogP contribution in [0.25, 0.3) is 0 Å². The van der Waals surface area contributed by atoms with Crippen molar-refractivity contribution in [1.29, 1.82) is 0 Å². The van der Waals surface area contributed by atoms with Gasteiger partial charge in [-0.05, 0) is 32.4 Å². The smallest absolute Gasteiger partial charge is 0.271 e. The minimum atomic E-state index is -1.08. The number of nitrogens with zero attached hydrogens (tertiary/aromatic N) is 1. The van der Waals surface area contributed by atoms with E-state index in [-0.39, 0.29) is 24.1 Å². The minimum Gasteiger partial charge on any atom is -0.508 e. The summed E-state index contributed by atoms with van der Waals surface area (Å²) in [5.41, 5.74) is -0.588. The zero-order chi connectivity index (χ0) is 15.6. The number of hydrogen-bond acceptors (Lipinski definition) is 4. The highest BCUT2D eigenvalue weighted by atomic mass is 16.5. The van der Waals surface area contributed by atoms with Crippen molar-refractivity contribution in [3.63, 3.8) is 0 Å². The zero-order valence-corrected chi connectivity index (χ0v) is 12.5. The maximum atomic E-state index is 12.5. The number of nitrogens with one attached hydrogen (secondary N) is 1. The van der Waals surface area contributed by atoms with Crippen LogP contribution in [0.5, 0.6) is 11.5 Å². The molecule has 114 valence electrons. The Hall–Kier alpha value is -2.24. The van der Waals surface area contributed by atoms with Crippen molar-refractivity contribution in [3.05, 3.63) is 18.2 Å². The molecule has 6 nitrogen and oxygen atoms in total. The van der Waals surface area contributed by atoms with Crippen molar-refractivity contribution >= 4 is 17.5 Å². The first-order chi connectivity index (χ1) is 9.85. The molecule has 0 spiro atoms. The molecule has 0 saturated carbocycles. The van der Waals surface area contributed by atoms with Crippen molar-refractivity contribution in [2.24, 2.45) is 0 Å². The van der Waals surface area contributed by atoms with Gasteiger partial charge in [-0.25, -0.2) is 0 Å². The molecule has 0 radical (unpaired) electrons. The monoisotopic (exact) mass is 292 g/mol. The maximum absolute atomic E-state index is 12.5. The molecule has 1 aliphatic heterocycles. The van der Waals surface area contributed by atoms with Crippen LogP contribution in [0.1, 0.15) is 27.2 Å². The van der Waals surface area contributed by atoms with Crippen molar-refractivity contribution in [3.8, 4) is 11.5 Å². The summed E-state index contributed by atoms with van der Waals surface area (Å²) in [7, 11) is 0. The molecule has 1 aromatic rings. The molecule has 0 bridgehead atoms. The molecule has 0 atom stereocenters. The molecule has 2 N–H and O–H groups in total. The van der Waals surface area contributed by atoms with Gasteiger partial charge in [0.1, 0.15) is 18.0 Å². The van der Waals surface area contributed by atoms with E-state index in [1.54, 1.807) is 19.9 Å². The molecule has 0 unspecified atom stereocenters. The van der Waals surface area contributed by atoms with E-state index in [0.29, 0.717) is 18.0 Å². The number of benzene rings is 1. The van der Waals surface area contributed by atoms with E-state index in [9.17, 15) is 14.7 Å². The van der Waals surface area contributed by atoms with Crippen LogP contribution in [0.3, 0.4) is 0 Å². The Balaban J connectivity index is 2.30. The average molecular weight is 292 g/mol. The Morgan fingerprint density at radius 3 is 2.81 bits per heavy atom. The van der Waals surface area contributed by atoms with Gasteiger partial charge in [-0.15, -0.1) is 0 Å². The maximum Gasteiger partial charge on any atom is 0.271 e. The summed E-state index contributed by atoms with van der Waals surface area (Å²) in [6, 6.07) is 4.48. The highest BCUT2D eigenvalue weighted by molar-refractivity contribution is 6.05. The average Bonchev–Trinajstić information content (AvgIpc) is 2.41. The third-order valence-electron chi connectivity index (χ3n) is 3.23. The number of rotatable bonds is 4. The molecule has 0 saturated heterocycles. The molecule has 1 aliphatic rings. The highest BCUT2D eigenvalue weighted by Gasteiger charge is 2.41. The molecular weight excluding hydrogens is 272 g/mol. The molecule has 2 rings (SSSR count). The molecule has 1 aromatic carbocycles. The van der Waals surface area contributed by atoms with Gasteiger partial charge in [0.2, 0.25) is 5.91 Å². The minimum absolute atomic E-state index is 0.0503. The number of aromatic hydroxyl groups is 1. The number of carbonyl (C=O) groups is 2. The molecule has 0 aliphatic carbocycles. The van der Waals surface area contributed by atoms with Crippen LogP contribution in [0.15, 0.2) is 18.2 Å². The third-order valence-corrected chi connectivity index (χ3v) is 3.23. The molecule has 2 amide bonds. The second-order valence-corrected chi connectivity index (χ2v) is 5.51. The Bertz CT molecular complexity index is 569. The number of phenolic OH excluding ortho intramolecular Hbond substituents is 1. The van der Waals surface area contributed by atoms with Gasteiger partial charge in [0, 0.05) is 12.6 Å². The first-order valence-electron chi connectivity index (χ1n) is 6.96. The van der Waals surface area contributed by atoms with E-state index in [1.807, 2.05) is 6.92 Å². The summed E-state index contributed by atoms with van der Waals surface area (Å²) in [5.74, 6) is -0.0635. The number of amides is 2. The van der Waals surface area contributed by atoms with Gasteiger partial charge in [-0.3, -0.25) is 14.5 Å². The van der Waals surface area contributed by atoms with Crippen LogP contribution in [0.2, 0.25) is 0 Å². The third kappa shape index (κ3) is 3.09. The van der Waals surface area contributed by atoms with Crippen LogP contribution in [0.4, 0.5) is 5.69 Å². The first kappa shape index (κ1) is 15.2. The van der Waals surface area contributed by atoms with E-state index >= 15 is 0 Å². The van der Waals surface area contributed by atoms with Crippen molar-refractivity contribution in [2.75, 3.05) is 18.0 Å². The normalized spacial score (nSPS) is 16.1. The summed E-state index contributed by atoms with van der Waals surface area (Å²) in [6.45, 7) is 5.74. The lowest BCUT2D eigenvalue weighted by molar-refractivity contribution is -0.134. The number of hydrogen-bond donors (Lipinski definition) is 2. The van der Waals surface area contributed by atoms with Gasteiger partial charge in [-0.2, -0.15) is 0 Å². The molecule has 1 heterocycles. The second-order valence-electron chi connectivity index (χ2n) is 5.51. The van der Waals surface area contributed by atoms with Crippen LogP contribution in [-0.2, 0) is 9.59 Å². The van der Waals surface area contributed by atoms with E-state index in [1.165, 1.54) is 17.0 Å². The van der Waals surface area contributed by atoms with Gasteiger partial charge in [0.15, 0.2) is 5.60 Å². The Morgan fingerprint density at radius 2 is 2.14 bits per heavy atom. The fraction of sp³-hybridized carbons (Fsp3) is 0.467. The van der Waals surface area contributed by atoms with Gasteiger partial charge in [-0.1, -0.05) is 6.92 Å². The fourth-order valence-electron chi connectivity index (χ4n) is 2.18. The highest BCUT2D eigenvalue weighted by Crippen LogP contribution is 2.39. The predicted octanol–water partition coefficient (Wildman–Crippen LogP) is 1.42. The Morgan fingerprint density at radius 1 is 1.43 bits per heavy atom. The van der Waals surface area contributed by atoms with E-state index in [2.05, 4.69) is 5.32 Å². The lowest BCUT2D eigenvalue weighted by Gasteiger charge is -2.38. The Labute approximate surface area is 123 Å². The van der Waals surface area contributed by atoms with Gasteiger partial charge >= 0.3 is 0 Å². The van der Waals surface area contributed by atoms with Crippen molar-refractivity contribution in [2.45, 2.75) is 32.8 Å². The number of ether oxygens (including phenoxy) is 1. The summed E-state index contributed by atoms with van der Waals surface area (Å²) in [6.07, 6.45) is 0.832. The van der Waals surface area contributed by atoms with Gasteiger partial charge in [0.25, 0.3) is 5.91 Å². The van der Waals surface area contributed by atoms with E-state index in [0.717, 1.165) is 6.42 Å². The largest absolute Gasteiger partial charge is 0.508 e. The first-order valence-corrected chi connectivity index (χ1v) is 6.96. The van der Waals surface area contributed by atoms with Gasteiger partial charge in [0.05, 0.1) is 5.69 Å². The fourth-order valence-corrected chi connectivity index (χ4v) is 2.18. The van der Waals surface area contributed by atoms with E-state index in [4.69, 9.17) is 4.74 Å². The number of fused-ring (bicyclic) bond motifs is 1. The number of anilines is 1. The van der Waals surface area contributed by atoms with Crippen LogP contribution in [0, 0.1) is 0 Å². The molecule has 0 aromatic heterocycles. The molecule has 6 heteroatoms. The summed E-state index contributed by atoms with van der Waals surface area (Å²) in [4.78, 5) is 25.8. The standard InChI is InChI=1S/C15H20N2O4/c1-4-7-16-13(19)9-17-11-6-5-10(18)8-12(11)21-15(2,3)14(17)20/h5-6,8,18H,4,7,9H2,1-3H3,(H,16,19). The second kappa shape index (κ2) is 5.63. The summed E-state index contributed by atoms with van der Waals surface area (Å²) >= 11 is 0. The van der Waals surface area contributed by atoms with Crippen LogP contribution in [-0.4, -0.2) is 35.6 Å². The number of carbonyl (C=O) groups excluding carboxylic acids is 2. The molecule has 0 fully saturated rings.